The molecule has 4 nitrogen and oxygen atoms in total. The molecule has 128 valence electrons. The first kappa shape index (κ1) is 16.8. The molecule has 1 aromatic heterocycles. The van der Waals surface area contributed by atoms with Crippen molar-refractivity contribution in [1.29, 1.82) is 0 Å². The highest BCUT2D eigenvalue weighted by molar-refractivity contribution is 5.95. The van der Waals surface area contributed by atoms with Crippen molar-refractivity contribution in [3.8, 4) is 0 Å². The molecule has 2 heterocycles. The molecule has 0 aliphatic carbocycles. The lowest BCUT2D eigenvalue weighted by Gasteiger charge is -2.31. The summed E-state index contributed by atoms with van der Waals surface area (Å²) < 4.78 is 2.20. The van der Waals surface area contributed by atoms with Crippen LogP contribution in [-0.4, -0.2) is 40.2 Å². The molecule has 0 spiro atoms. The second kappa shape index (κ2) is 7.22. The number of hydrogen-bond donors (Lipinski definition) is 1. The molecule has 1 aromatic carbocycles. The molecule has 1 N–H and O–H groups in total. The van der Waals surface area contributed by atoms with Crippen LogP contribution in [0.1, 0.15) is 40.2 Å². The first-order chi connectivity index (χ1) is 11.6. The Bertz CT molecular complexity index is 706. The first-order valence-electron chi connectivity index (χ1n) is 8.71. The van der Waals surface area contributed by atoms with Gasteiger partial charge in [0.25, 0.3) is 5.91 Å². The zero-order valence-electron chi connectivity index (χ0n) is 14.5. The number of aryl methyl sites for hydroxylation is 1. The van der Waals surface area contributed by atoms with Gasteiger partial charge in [0.2, 0.25) is 0 Å². The predicted octanol–water partition coefficient (Wildman–Crippen LogP) is 3.00. The van der Waals surface area contributed by atoms with E-state index in [0.29, 0.717) is 6.54 Å². The van der Waals surface area contributed by atoms with Gasteiger partial charge in [-0.3, -0.25) is 4.79 Å². The molecule has 1 saturated heterocycles. The Kier molecular flexibility index (Phi) is 5.05. The number of aliphatic hydroxyl groups excluding tert-OH is 1. The summed E-state index contributed by atoms with van der Waals surface area (Å²) >= 11 is 0. The Morgan fingerprint density at radius 3 is 2.71 bits per heavy atom. The van der Waals surface area contributed by atoms with Crippen LogP contribution < -0.4 is 0 Å². The molecule has 2 aromatic rings. The van der Waals surface area contributed by atoms with E-state index in [2.05, 4.69) is 23.6 Å². The highest BCUT2D eigenvalue weighted by Gasteiger charge is 2.26. The van der Waals surface area contributed by atoms with Crippen LogP contribution in [0.15, 0.2) is 36.4 Å². The van der Waals surface area contributed by atoms with E-state index in [1.165, 1.54) is 5.56 Å². The number of rotatable bonds is 4. The summed E-state index contributed by atoms with van der Waals surface area (Å²) in [5, 5.41) is 9.39. The molecule has 1 unspecified atom stereocenters. The molecule has 4 heteroatoms. The Balaban J connectivity index is 1.81. The van der Waals surface area contributed by atoms with E-state index in [1.807, 2.05) is 36.1 Å². The summed E-state index contributed by atoms with van der Waals surface area (Å²) in [5.74, 6) is 0.316. The van der Waals surface area contributed by atoms with E-state index < -0.39 is 0 Å². The maximum absolute atomic E-state index is 12.9. The quantitative estimate of drug-likeness (QED) is 0.939. The Morgan fingerprint density at radius 2 is 2.00 bits per heavy atom. The smallest absolute Gasteiger partial charge is 0.255 e. The fourth-order valence-corrected chi connectivity index (χ4v) is 3.60. The molecular formula is C20H26N2O2. The number of benzene rings is 1. The lowest BCUT2D eigenvalue weighted by atomic mass is 9.98. The molecular weight excluding hydrogens is 300 g/mol. The average molecular weight is 326 g/mol. The van der Waals surface area contributed by atoms with E-state index >= 15 is 0 Å². The van der Waals surface area contributed by atoms with Gasteiger partial charge in [0, 0.05) is 37.6 Å². The van der Waals surface area contributed by atoms with Gasteiger partial charge in [0.1, 0.15) is 0 Å². The number of likely N-dealkylation sites (tertiary alicyclic amines) is 1. The molecule has 3 rings (SSSR count). The van der Waals surface area contributed by atoms with Gasteiger partial charge in [-0.2, -0.15) is 0 Å². The maximum Gasteiger partial charge on any atom is 0.255 e. The number of carbonyl (C=O) groups excluding carboxylic acids is 1. The fourth-order valence-electron chi connectivity index (χ4n) is 3.60. The van der Waals surface area contributed by atoms with E-state index in [-0.39, 0.29) is 18.4 Å². The van der Waals surface area contributed by atoms with Crippen molar-refractivity contribution in [2.24, 2.45) is 5.92 Å². The number of aromatic nitrogens is 1. The van der Waals surface area contributed by atoms with E-state index in [9.17, 15) is 9.90 Å². The normalized spacial score (nSPS) is 18.0. The number of aliphatic hydroxyl groups is 1. The van der Waals surface area contributed by atoms with Crippen LogP contribution in [0.25, 0.3) is 0 Å². The zero-order chi connectivity index (χ0) is 17.1. The summed E-state index contributed by atoms with van der Waals surface area (Å²) in [6.07, 6.45) is 1.98. The molecule has 1 aliphatic heterocycles. The maximum atomic E-state index is 12.9. The monoisotopic (exact) mass is 326 g/mol. The van der Waals surface area contributed by atoms with Gasteiger partial charge in [0.05, 0.1) is 5.56 Å². The zero-order valence-corrected chi connectivity index (χ0v) is 14.5. The van der Waals surface area contributed by atoms with Crippen LogP contribution in [0.5, 0.6) is 0 Å². The fraction of sp³-hybridized carbons (Fsp3) is 0.450. The minimum atomic E-state index is 0.0977. The summed E-state index contributed by atoms with van der Waals surface area (Å²) in [6.45, 7) is 6.48. The Labute approximate surface area is 143 Å². The number of amides is 1. The van der Waals surface area contributed by atoms with Gasteiger partial charge >= 0.3 is 0 Å². The summed E-state index contributed by atoms with van der Waals surface area (Å²) in [6, 6.07) is 12.3. The molecule has 1 fully saturated rings. The molecule has 1 atom stereocenters. The van der Waals surface area contributed by atoms with E-state index in [1.54, 1.807) is 0 Å². The van der Waals surface area contributed by atoms with Crippen molar-refractivity contribution in [1.82, 2.24) is 9.47 Å². The number of hydrogen-bond acceptors (Lipinski definition) is 2. The highest BCUT2D eigenvalue weighted by Crippen LogP contribution is 2.22. The molecule has 1 aliphatic rings. The van der Waals surface area contributed by atoms with E-state index in [4.69, 9.17) is 0 Å². The SMILES string of the molecule is Cc1cc(C(=O)N2CCCC(CO)C2)c(C)n1Cc1ccccc1. The average Bonchev–Trinajstić information content (AvgIpc) is 2.90. The summed E-state index contributed by atoms with van der Waals surface area (Å²) in [4.78, 5) is 14.8. The predicted molar refractivity (Wildman–Crippen MR) is 95.2 cm³/mol. The van der Waals surface area contributed by atoms with Gasteiger partial charge in [0.15, 0.2) is 0 Å². The number of nitrogens with zero attached hydrogens (tertiary/aromatic N) is 2. The second-order valence-electron chi connectivity index (χ2n) is 6.80. The van der Waals surface area contributed by atoms with Gasteiger partial charge in [-0.1, -0.05) is 30.3 Å². The van der Waals surface area contributed by atoms with Crippen LogP contribution in [0.2, 0.25) is 0 Å². The van der Waals surface area contributed by atoms with Gasteiger partial charge in [-0.25, -0.2) is 0 Å². The molecule has 0 radical (unpaired) electrons. The van der Waals surface area contributed by atoms with Crippen molar-refractivity contribution < 1.29 is 9.90 Å². The van der Waals surface area contributed by atoms with Crippen LogP contribution in [-0.2, 0) is 6.54 Å². The third-order valence-corrected chi connectivity index (χ3v) is 5.05. The molecule has 1 amide bonds. The lowest BCUT2D eigenvalue weighted by Crippen LogP contribution is -2.41. The van der Waals surface area contributed by atoms with Crippen molar-refractivity contribution in [2.45, 2.75) is 33.2 Å². The standard InChI is InChI=1S/C20H26N2O2/c1-15-11-19(20(24)21-10-6-9-18(12-21)14-23)16(2)22(15)13-17-7-4-3-5-8-17/h3-5,7-8,11,18,23H,6,9-10,12-14H2,1-2H3. The van der Waals surface area contributed by atoms with Crippen LogP contribution >= 0.6 is 0 Å². The molecule has 24 heavy (non-hydrogen) atoms. The first-order valence-corrected chi connectivity index (χ1v) is 8.71. The van der Waals surface area contributed by atoms with Gasteiger partial charge in [-0.15, -0.1) is 0 Å². The second-order valence-corrected chi connectivity index (χ2v) is 6.80. The Morgan fingerprint density at radius 1 is 1.25 bits per heavy atom. The summed E-state index contributed by atoms with van der Waals surface area (Å²) in [7, 11) is 0. The third-order valence-electron chi connectivity index (χ3n) is 5.05. The lowest BCUT2D eigenvalue weighted by molar-refractivity contribution is 0.0620. The minimum absolute atomic E-state index is 0.0977. The number of carbonyl (C=O) groups is 1. The third kappa shape index (κ3) is 3.39. The van der Waals surface area contributed by atoms with Crippen molar-refractivity contribution in [3.05, 3.63) is 58.9 Å². The van der Waals surface area contributed by atoms with Crippen molar-refractivity contribution in [2.75, 3.05) is 19.7 Å². The van der Waals surface area contributed by atoms with Crippen molar-refractivity contribution in [3.63, 3.8) is 0 Å². The molecule has 0 saturated carbocycles. The minimum Gasteiger partial charge on any atom is -0.396 e. The van der Waals surface area contributed by atoms with Gasteiger partial charge < -0.3 is 14.6 Å². The van der Waals surface area contributed by atoms with Crippen LogP contribution in [0.4, 0.5) is 0 Å². The Hall–Kier alpha value is -2.07. The topological polar surface area (TPSA) is 45.5 Å². The molecule has 0 bridgehead atoms. The number of piperidine rings is 1. The van der Waals surface area contributed by atoms with E-state index in [0.717, 1.165) is 42.9 Å². The van der Waals surface area contributed by atoms with Crippen molar-refractivity contribution >= 4 is 5.91 Å². The summed E-state index contributed by atoms with van der Waals surface area (Å²) in [5.41, 5.74) is 4.15. The largest absolute Gasteiger partial charge is 0.396 e. The van der Waals surface area contributed by atoms with Gasteiger partial charge in [-0.05, 0) is 44.2 Å². The highest BCUT2D eigenvalue weighted by atomic mass is 16.3. The van der Waals surface area contributed by atoms with Crippen LogP contribution in [0.3, 0.4) is 0 Å². The van der Waals surface area contributed by atoms with Crippen LogP contribution in [0, 0.1) is 19.8 Å².